The molecule has 1 aliphatic rings. The van der Waals surface area contributed by atoms with E-state index in [9.17, 15) is 9.59 Å². The first-order chi connectivity index (χ1) is 11.0. The summed E-state index contributed by atoms with van der Waals surface area (Å²) in [6.45, 7) is 2.52. The van der Waals surface area contributed by atoms with Gasteiger partial charge < -0.3 is 21.1 Å². The van der Waals surface area contributed by atoms with E-state index in [1.807, 2.05) is 6.92 Å². The average molecular weight is 340 g/mol. The van der Waals surface area contributed by atoms with Crippen LogP contribution in [0.25, 0.3) is 0 Å². The van der Waals surface area contributed by atoms with Crippen LogP contribution in [0.1, 0.15) is 24.8 Å². The number of carbonyl (C=O) groups excluding carboxylic acids is 2. The molecule has 0 aliphatic carbocycles. The average Bonchev–Trinajstić information content (AvgIpc) is 3.01. The predicted octanol–water partition coefficient (Wildman–Crippen LogP) is 1.60. The highest BCUT2D eigenvalue weighted by molar-refractivity contribution is 6.31. The number of nitrogens with one attached hydrogen (secondary N) is 2. The molecule has 2 atom stereocenters. The number of nitrogens with two attached hydrogens (primary N) is 1. The maximum atomic E-state index is 11.9. The Morgan fingerprint density at radius 1 is 1.39 bits per heavy atom. The second-order valence-corrected chi connectivity index (χ2v) is 5.97. The maximum Gasteiger partial charge on any atom is 0.249 e. The van der Waals surface area contributed by atoms with Crippen LogP contribution in [-0.2, 0) is 14.3 Å². The molecule has 0 radical (unpaired) electrons. The van der Waals surface area contributed by atoms with Crippen LogP contribution in [0.15, 0.2) is 18.2 Å². The number of hydrogen-bond donors (Lipinski definition) is 3. The molecule has 6 nitrogen and oxygen atoms in total. The number of halogens is 1. The van der Waals surface area contributed by atoms with Crippen LogP contribution in [0.3, 0.4) is 0 Å². The van der Waals surface area contributed by atoms with Crippen molar-refractivity contribution in [2.45, 2.75) is 38.4 Å². The second-order valence-electron chi connectivity index (χ2n) is 5.56. The van der Waals surface area contributed by atoms with E-state index in [0.717, 1.165) is 12.0 Å². The van der Waals surface area contributed by atoms with E-state index < -0.39 is 6.10 Å². The minimum atomic E-state index is -0.457. The molecule has 2 rings (SSSR count). The molecule has 1 aromatic carbocycles. The first-order valence-electron chi connectivity index (χ1n) is 7.69. The highest BCUT2D eigenvalue weighted by Gasteiger charge is 2.29. The fourth-order valence-corrected chi connectivity index (χ4v) is 2.62. The van der Waals surface area contributed by atoms with Crippen LogP contribution < -0.4 is 16.4 Å². The van der Waals surface area contributed by atoms with Gasteiger partial charge in [0.05, 0.1) is 6.10 Å². The molecule has 1 aromatic rings. The lowest BCUT2D eigenvalue weighted by molar-refractivity contribution is -0.131. The molecule has 0 bridgehead atoms. The van der Waals surface area contributed by atoms with Crippen LogP contribution in [0.5, 0.6) is 0 Å². The Bertz CT molecular complexity index is 580. The Morgan fingerprint density at radius 3 is 2.87 bits per heavy atom. The maximum absolute atomic E-state index is 11.9. The number of rotatable bonds is 6. The van der Waals surface area contributed by atoms with Gasteiger partial charge in [-0.25, -0.2) is 0 Å². The molecule has 0 saturated carbocycles. The van der Waals surface area contributed by atoms with Gasteiger partial charge in [0, 0.05) is 30.2 Å². The van der Waals surface area contributed by atoms with E-state index in [-0.39, 0.29) is 30.9 Å². The van der Waals surface area contributed by atoms with Crippen molar-refractivity contribution in [1.82, 2.24) is 5.32 Å². The number of anilines is 1. The Balaban J connectivity index is 1.73. The zero-order valence-electron chi connectivity index (χ0n) is 13.1. The Kier molecular flexibility index (Phi) is 6.38. The fraction of sp³-hybridized carbons (Fsp3) is 0.500. The summed E-state index contributed by atoms with van der Waals surface area (Å²) in [7, 11) is 0. The van der Waals surface area contributed by atoms with Crippen molar-refractivity contribution < 1.29 is 14.3 Å². The molecule has 0 aromatic heterocycles. The SMILES string of the molecule is Cc1c(Cl)cccc1NC(=O)CCNC(=O)[C@@H]1CC[C@H](CN)O1. The number of carbonyl (C=O) groups is 2. The van der Waals surface area contributed by atoms with Crippen LogP contribution in [0, 0.1) is 6.92 Å². The predicted molar refractivity (Wildman–Crippen MR) is 89.4 cm³/mol. The number of hydrogen-bond acceptors (Lipinski definition) is 4. The molecular weight excluding hydrogens is 318 g/mol. The highest BCUT2D eigenvalue weighted by Crippen LogP contribution is 2.23. The summed E-state index contributed by atoms with van der Waals surface area (Å²) in [6.07, 6.45) is 1.15. The fourth-order valence-electron chi connectivity index (χ4n) is 2.44. The monoisotopic (exact) mass is 339 g/mol. The van der Waals surface area contributed by atoms with E-state index in [1.165, 1.54) is 0 Å². The third-order valence-electron chi connectivity index (χ3n) is 3.86. The molecule has 1 saturated heterocycles. The molecule has 126 valence electrons. The molecule has 1 fully saturated rings. The summed E-state index contributed by atoms with van der Waals surface area (Å²) in [5.41, 5.74) is 7.01. The van der Waals surface area contributed by atoms with Crippen molar-refractivity contribution in [3.63, 3.8) is 0 Å². The third-order valence-corrected chi connectivity index (χ3v) is 4.27. The highest BCUT2D eigenvalue weighted by atomic mass is 35.5. The zero-order valence-corrected chi connectivity index (χ0v) is 13.9. The minimum absolute atomic E-state index is 0.0418. The number of benzene rings is 1. The van der Waals surface area contributed by atoms with Gasteiger partial charge in [-0.2, -0.15) is 0 Å². The summed E-state index contributed by atoms with van der Waals surface area (Å²) < 4.78 is 5.50. The molecule has 2 amide bonds. The molecule has 1 aliphatic heterocycles. The summed E-state index contributed by atoms with van der Waals surface area (Å²) in [5.74, 6) is -0.365. The molecule has 0 spiro atoms. The van der Waals surface area contributed by atoms with Crippen LogP contribution in [0.4, 0.5) is 5.69 Å². The zero-order chi connectivity index (χ0) is 16.8. The first kappa shape index (κ1) is 17.7. The van der Waals surface area contributed by atoms with Crippen LogP contribution in [0.2, 0.25) is 5.02 Å². The van der Waals surface area contributed by atoms with Gasteiger partial charge in [0.2, 0.25) is 11.8 Å². The van der Waals surface area contributed by atoms with Gasteiger partial charge in [0.15, 0.2) is 0 Å². The summed E-state index contributed by atoms with van der Waals surface area (Å²) >= 11 is 6.01. The van der Waals surface area contributed by atoms with Crippen LogP contribution >= 0.6 is 11.6 Å². The molecule has 7 heteroatoms. The van der Waals surface area contributed by atoms with Gasteiger partial charge in [0.25, 0.3) is 0 Å². The van der Waals surface area contributed by atoms with E-state index >= 15 is 0 Å². The van der Waals surface area contributed by atoms with Crippen molar-refractivity contribution in [2.75, 3.05) is 18.4 Å². The molecular formula is C16H22ClN3O3. The number of ether oxygens (including phenoxy) is 1. The quantitative estimate of drug-likeness (QED) is 0.733. The van der Waals surface area contributed by atoms with E-state index in [4.69, 9.17) is 22.1 Å². The van der Waals surface area contributed by atoms with Gasteiger partial charge in [-0.1, -0.05) is 17.7 Å². The minimum Gasteiger partial charge on any atom is -0.364 e. The van der Waals surface area contributed by atoms with E-state index in [0.29, 0.717) is 23.7 Å². The van der Waals surface area contributed by atoms with Gasteiger partial charge >= 0.3 is 0 Å². The topological polar surface area (TPSA) is 93.5 Å². The Labute approximate surface area is 140 Å². The lowest BCUT2D eigenvalue weighted by atomic mass is 10.2. The normalized spacial score (nSPS) is 20.3. The number of amides is 2. The van der Waals surface area contributed by atoms with Gasteiger partial charge in [-0.3, -0.25) is 9.59 Å². The van der Waals surface area contributed by atoms with Crippen molar-refractivity contribution in [1.29, 1.82) is 0 Å². The lowest BCUT2D eigenvalue weighted by Crippen LogP contribution is -2.37. The molecule has 23 heavy (non-hydrogen) atoms. The molecule has 1 heterocycles. The standard InChI is InChI=1S/C16H22ClN3O3/c1-10-12(17)3-2-4-13(10)20-15(21)7-8-19-16(22)14-6-5-11(9-18)23-14/h2-4,11,14H,5-9,18H2,1H3,(H,19,22)(H,20,21)/t11-,14+/m1/s1. The van der Waals surface area contributed by atoms with Crippen molar-refractivity contribution in [3.05, 3.63) is 28.8 Å². The third kappa shape index (κ3) is 4.92. The smallest absolute Gasteiger partial charge is 0.249 e. The molecule has 4 N–H and O–H groups in total. The summed E-state index contributed by atoms with van der Waals surface area (Å²) in [6, 6.07) is 5.33. The first-order valence-corrected chi connectivity index (χ1v) is 8.07. The van der Waals surface area contributed by atoms with E-state index in [2.05, 4.69) is 10.6 Å². The van der Waals surface area contributed by atoms with Gasteiger partial charge in [-0.05, 0) is 37.5 Å². The van der Waals surface area contributed by atoms with Gasteiger partial charge in [-0.15, -0.1) is 0 Å². The van der Waals surface area contributed by atoms with E-state index in [1.54, 1.807) is 18.2 Å². The summed E-state index contributed by atoms with van der Waals surface area (Å²) in [5, 5.41) is 6.11. The van der Waals surface area contributed by atoms with Gasteiger partial charge in [0.1, 0.15) is 6.10 Å². The van der Waals surface area contributed by atoms with Crippen LogP contribution in [-0.4, -0.2) is 37.1 Å². The van der Waals surface area contributed by atoms with Crippen molar-refractivity contribution >= 4 is 29.1 Å². The summed E-state index contributed by atoms with van der Waals surface area (Å²) in [4.78, 5) is 23.8. The lowest BCUT2D eigenvalue weighted by Gasteiger charge is -2.13. The second kappa shape index (κ2) is 8.29. The van der Waals surface area contributed by atoms with Crippen molar-refractivity contribution in [2.24, 2.45) is 5.73 Å². The van der Waals surface area contributed by atoms with Crippen molar-refractivity contribution in [3.8, 4) is 0 Å². The Hall–Kier alpha value is -1.63. The Morgan fingerprint density at radius 2 is 2.17 bits per heavy atom. The largest absolute Gasteiger partial charge is 0.364 e. The molecule has 0 unspecified atom stereocenters.